The Morgan fingerprint density at radius 1 is 1.37 bits per heavy atom. The molecule has 8 heteroatoms. The Bertz CT molecular complexity index is 646. The normalized spacial score (nSPS) is 10.6. The molecule has 0 aliphatic carbocycles. The quantitative estimate of drug-likeness (QED) is 0.813. The second kappa shape index (κ2) is 5.42. The van der Waals surface area contributed by atoms with Crippen LogP contribution in [0.3, 0.4) is 0 Å². The van der Waals surface area contributed by atoms with E-state index in [-0.39, 0.29) is 17.8 Å². The molecule has 1 N–H and O–H groups in total. The van der Waals surface area contributed by atoms with E-state index in [0.29, 0.717) is 12.4 Å². The number of carbonyl (C=O) groups is 1. The molecule has 2 aromatic heterocycles. The minimum absolute atomic E-state index is 0.0972. The van der Waals surface area contributed by atoms with Gasteiger partial charge in [-0.2, -0.15) is 10.2 Å². The lowest BCUT2D eigenvalue weighted by atomic mass is 10.4. The van der Waals surface area contributed by atoms with Gasteiger partial charge in [0.2, 0.25) is 0 Å². The molecule has 100 valence electrons. The number of aromatic carboxylic acids is 1. The molecule has 0 aliphatic heterocycles. The molecule has 0 aliphatic rings. The molecule has 0 saturated heterocycles. The van der Waals surface area contributed by atoms with E-state index in [0.717, 1.165) is 11.1 Å². The number of aryl methyl sites for hydroxylation is 1. The van der Waals surface area contributed by atoms with Crippen LogP contribution in [0.15, 0.2) is 23.3 Å². The van der Waals surface area contributed by atoms with Crippen LogP contribution in [0.2, 0.25) is 0 Å². The Kier molecular flexibility index (Phi) is 3.69. The number of carboxylic acids is 1. The van der Waals surface area contributed by atoms with Crippen LogP contribution in [0.25, 0.3) is 0 Å². The summed E-state index contributed by atoms with van der Waals surface area (Å²) in [5.41, 5.74) is -0.558. The molecule has 0 unspecified atom stereocenters. The smallest absolute Gasteiger partial charge is 0.356 e. The molecule has 19 heavy (non-hydrogen) atoms. The minimum Gasteiger partial charge on any atom is -0.476 e. The highest BCUT2D eigenvalue weighted by molar-refractivity contribution is 5.84. The zero-order chi connectivity index (χ0) is 13.8. The predicted octanol–water partition coefficient (Wildman–Crippen LogP) is -0.00870. The van der Waals surface area contributed by atoms with Gasteiger partial charge in [0.1, 0.15) is 18.7 Å². The molecular formula is C11H13N5O3. The molecule has 0 radical (unpaired) electrons. The molecule has 2 rings (SSSR count). The fourth-order valence-electron chi connectivity index (χ4n) is 1.62. The van der Waals surface area contributed by atoms with E-state index in [1.807, 2.05) is 6.92 Å². The second-order valence-electron chi connectivity index (χ2n) is 3.92. The second-order valence-corrected chi connectivity index (χ2v) is 3.92. The SMILES string of the molecule is CCCn1ncnc1Cn1nc(C(=O)O)ccc1=O. The number of nitrogens with zero attached hydrogens (tertiary/aromatic N) is 5. The lowest BCUT2D eigenvalue weighted by Crippen LogP contribution is -2.26. The largest absolute Gasteiger partial charge is 0.476 e. The van der Waals surface area contributed by atoms with Gasteiger partial charge in [-0.05, 0) is 12.5 Å². The van der Waals surface area contributed by atoms with Gasteiger partial charge in [-0.3, -0.25) is 4.79 Å². The van der Waals surface area contributed by atoms with Gasteiger partial charge >= 0.3 is 5.97 Å². The van der Waals surface area contributed by atoms with E-state index in [1.54, 1.807) is 4.68 Å². The molecule has 0 spiro atoms. The first-order valence-electron chi connectivity index (χ1n) is 5.80. The standard InChI is InChI=1S/C11H13N5O3/c1-2-5-15-9(12-7-13-15)6-16-10(17)4-3-8(14-16)11(18)19/h3-4,7H,2,5-6H2,1H3,(H,18,19). The van der Waals surface area contributed by atoms with Crippen LogP contribution < -0.4 is 5.56 Å². The summed E-state index contributed by atoms with van der Waals surface area (Å²) >= 11 is 0. The van der Waals surface area contributed by atoms with E-state index in [4.69, 9.17) is 5.11 Å². The summed E-state index contributed by atoms with van der Waals surface area (Å²) in [5.74, 6) is -0.609. The highest BCUT2D eigenvalue weighted by atomic mass is 16.4. The lowest BCUT2D eigenvalue weighted by Gasteiger charge is -2.06. The van der Waals surface area contributed by atoms with Crippen LogP contribution in [0, 0.1) is 0 Å². The molecular weight excluding hydrogens is 250 g/mol. The molecule has 2 heterocycles. The maximum Gasteiger partial charge on any atom is 0.356 e. The number of carboxylic acid groups (broad SMARTS) is 1. The van der Waals surface area contributed by atoms with Gasteiger partial charge in [-0.25, -0.2) is 19.1 Å². The summed E-state index contributed by atoms with van der Waals surface area (Å²) in [4.78, 5) is 26.5. The topological polar surface area (TPSA) is 103 Å². The van der Waals surface area contributed by atoms with Gasteiger partial charge in [0.25, 0.3) is 5.56 Å². The average Bonchev–Trinajstić information content (AvgIpc) is 2.80. The molecule has 0 aromatic carbocycles. The first-order chi connectivity index (χ1) is 9.11. The molecule has 0 atom stereocenters. The van der Waals surface area contributed by atoms with Gasteiger partial charge in [-0.1, -0.05) is 6.92 Å². The fraction of sp³-hybridized carbons (Fsp3) is 0.364. The van der Waals surface area contributed by atoms with Crippen LogP contribution in [-0.4, -0.2) is 35.6 Å². The first kappa shape index (κ1) is 12.9. The van der Waals surface area contributed by atoms with Crippen molar-refractivity contribution in [3.8, 4) is 0 Å². The van der Waals surface area contributed by atoms with Crippen LogP contribution in [0.4, 0.5) is 0 Å². The molecule has 0 amide bonds. The third-order valence-electron chi connectivity index (χ3n) is 2.51. The number of hydrogen-bond donors (Lipinski definition) is 1. The van der Waals surface area contributed by atoms with Crippen molar-refractivity contribution in [2.75, 3.05) is 0 Å². The van der Waals surface area contributed by atoms with E-state index in [9.17, 15) is 9.59 Å². The summed E-state index contributed by atoms with van der Waals surface area (Å²) in [6.45, 7) is 2.78. The molecule has 2 aromatic rings. The monoisotopic (exact) mass is 263 g/mol. The van der Waals surface area contributed by atoms with Crippen molar-refractivity contribution in [2.45, 2.75) is 26.4 Å². The van der Waals surface area contributed by atoms with E-state index < -0.39 is 5.97 Å². The average molecular weight is 263 g/mol. The van der Waals surface area contributed by atoms with E-state index >= 15 is 0 Å². The predicted molar refractivity (Wildman–Crippen MR) is 64.9 cm³/mol. The highest BCUT2D eigenvalue weighted by Gasteiger charge is 2.10. The van der Waals surface area contributed by atoms with Crippen molar-refractivity contribution in [1.29, 1.82) is 0 Å². The third-order valence-corrected chi connectivity index (χ3v) is 2.51. The minimum atomic E-state index is -1.18. The summed E-state index contributed by atoms with van der Waals surface area (Å²) in [6.07, 6.45) is 2.28. The van der Waals surface area contributed by atoms with Crippen molar-refractivity contribution >= 4 is 5.97 Å². The van der Waals surface area contributed by atoms with Crippen LogP contribution in [0.1, 0.15) is 29.7 Å². The molecule has 0 bridgehead atoms. The van der Waals surface area contributed by atoms with Crippen LogP contribution >= 0.6 is 0 Å². The number of rotatable bonds is 5. The summed E-state index contributed by atoms with van der Waals surface area (Å²) in [6, 6.07) is 2.36. The van der Waals surface area contributed by atoms with Crippen LogP contribution in [0.5, 0.6) is 0 Å². The van der Waals surface area contributed by atoms with Crippen molar-refractivity contribution in [3.63, 3.8) is 0 Å². The van der Waals surface area contributed by atoms with Gasteiger partial charge in [-0.15, -0.1) is 0 Å². The maximum absolute atomic E-state index is 11.6. The fourth-order valence-corrected chi connectivity index (χ4v) is 1.62. The van der Waals surface area contributed by atoms with Gasteiger partial charge < -0.3 is 5.11 Å². The molecule has 0 fully saturated rings. The first-order valence-corrected chi connectivity index (χ1v) is 5.80. The van der Waals surface area contributed by atoms with Gasteiger partial charge in [0.05, 0.1) is 0 Å². The Hall–Kier alpha value is -2.51. The third kappa shape index (κ3) is 2.84. The van der Waals surface area contributed by atoms with Gasteiger partial charge in [0.15, 0.2) is 5.69 Å². The Balaban J connectivity index is 2.32. The zero-order valence-corrected chi connectivity index (χ0v) is 10.4. The molecule has 0 saturated carbocycles. The lowest BCUT2D eigenvalue weighted by molar-refractivity contribution is 0.0687. The number of hydrogen-bond acceptors (Lipinski definition) is 5. The van der Waals surface area contributed by atoms with Crippen molar-refractivity contribution in [2.24, 2.45) is 0 Å². The Labute approximate surface area is 108 Å². The Morgan fingerprint density at radius 2 is 2.16 bits per heavy atom. The van der Waals surface area contributed by atoms with E-state index in [2.05, 4.69) is 15.2 Å². The van der Waals surface area contributed by atoms with Crippen molar-refractivity contribution in [3.05, 3.63) is 40.3 Å². The van der Waals surface area contributed by atoms with E-state index in [1.165, 1.54) is 18.5 Å². The van der Waals surface area contributed by atoms with Gasteiger partial charge in [0, 0.05) is 12.6 Å². The maximum atomic E-state index is 11.6. The van der Waals surface area contributed by atoms with Crippen molar-refractivity contribution in [1.82, 2.24) is 24.5 Å². The number of aromatic nitrogens is 5. The summed E-state index contributed by atoms with van der Waals surface area (Å²) in [7, 11) is 0. The molecule has 8 nitrogen and oxygen atoms in total. The summed E-state index contributed by atoms with van der Waals surface area (Å²) < 4.78 is 2.74. The van der Waals surface area contributed by atoms with Crippen molar-refractivity contribution < 1.29 is 9.90 Å². The summed E-state index contributed by atoms with van der Waals surface area (Å²) in [5, 5.41) is 16.7. The Morgan fingerprint density at radius 3 is 2.84 bits per heavy atom. The highest BCUT2D eigenvalue weighted by Crippen LogP contribution is 1.98. The van der Waals surface area contributed by atoms with Crippen LogP contribution in [-0.2, 0) is 13.1 Å². The zero-order valence-electron chi connectivity index (χ0n) is 10.4.